The number of piperidine rings is 1. The van der Waals surface area contributed by atoms with Gasteiger partial charge in [-0.05, 0) is 57.2 Å². The molecule has 2 aromatic carbocycles. The summed E-state index contributed by atoms with van der Waals surface area (Å²) in [5.74, 6) is -4.49. The van der Waals surface area contributed by atoms with Crippen LogP contribution in [0.5, 0.6) is 11.5 Å². The molecule has 6 N–H and O–H groups in total. The number of hydrogen-bond acceptors (Lipinski definition) is 11. The second kappa shape index (κ2) is 9.78. The van der Waals surface area contributed by atoms with Gasteiger partial charge in [-0.15, -0.1) is 0 Å². The average molecular weight is 555 g/mol. The lowest BCUT2D eigenvalue weighted by molar-refractivity contribution is -0.420. The van der Waals surface area contributed by atoms with Crippen LogP contribution < -0.4 is 14.8 Å². The number of anilines is 2. The van der Waals surface area contributed by atoms with Crippen LogP contribution in [0.4, 0.5) is 15.9 Å². The van der Waals surface area contributed by atoms with Gasteiger partial charge in [0, 0.05) is 15.9 Å². The van der Waals surface area contributed by atoms with Crippen molar-refractivity contribution in [3.05, 3.63) is 46.9 Å². The van der Waals surface area contributed by atoms with Crippen molar-refractivity contribution in [3.63, 3.8) is 0 Å². The Labute approximate surface area is 207 Å². The fraction of sp³-hybridized carbons (Fsp3) is 0.364. The van der Waals surface area contributed by atoms with Crippen molar-refractivity contribution in [3.8, 4) is 11.5 Å². The van der Waals surface area contributed by atoms with Crippen LogP contribution in [0.25, 0.3) is 10.9 Å². The van der Waals surface area contributed by atoms with Crippen molar-refractivity contribution in [1.29, 1.82) is 0 Å². The SMILES string of the molecule is CN1CCC(C(O)(O)Oc2cc3ncnc(Nc4ccc(Br)cc4F)c3cc2OC(O)(O)O)CC1. The molecule has 0 bridgehead atoms. The lowest BCUT2D eigenvalue weighted by atomic mass is 9.94. The van der Waals surface area contributed by atoms with Gasteiger partial charge >= 0.3 is 12.1 Å². The molecule has 0 saturated carbocycles. The molecule has 0 atom stereocenters. The summed E-state index contributed by atoms with van der Waals surface area (Å²) in [6.45, 7) is 1.25. The Hall–Kier alpha value is -2.65. The van der Waals surface area contributed by atoms with Gasteiger partial charge in [-0.3, -0.25) is 0 Å². The fourth-order valence-electron chi connectivity index (χ4n) is 3.82. The van der Waals surface area contributed by atoms with Gasteiger partial charge in [0.25, 0.3) is 0 Å². The summed E-state index contributed by atoms with van der Waals surface area (Å²) in [5.41, 5.74) is 0.324. The molecule has 2 heterocycles. The van der Waals surface area contributed by atoms with Crippen molar-refractivity contribution >= 4 is 38.3 Å². The Bertz CT molecular complexity index is 1220. The van der Waals surface area contributed by atoms with Crippen LogP contribution in [0.15, 0.2) is 41.1 Å². The van der Waals surface area contributed by atoms with Crippen molar-refractivity contribution in [2.45, 2.75) is 25.0 Å². The molecule has 35 heavy (non-hydrogen) atoms. The Morgan fingerprint density at radius 2 is 1.71 bits per heavy atom. The number of nitrogens with one attached hydrogen (secondary N) is 1. The van der Waals surface area contributed by atoms with E-state index in [9.17, 15) is 29.9 Å². The largest absolute Gasteiger partial charge is 0.453 e. The van der Waals surface area contributed by atoms with Crippen LogP contribution in [0.1, 0.15) is 12.8 Å². The normalized spacial score (nSPS) is 15.9. The van der Waals surface area contributed by atoms with Crippen LogP contribution in [0.3, 0.4) is 0 Å². The van der Waals surface area contributed by atoms with E-state index < -0.39 is 29.6 Å². The lowest BCUT2D eigenvalue weighted by Crippen LogP contribution is -2.48. The first-order chi connectivity index (χ1) is 16.4. The molecule has 3 aromatic rings. The summed E-state index contributed by atoms with van der Waals surface area (Å²) >= 11 is 3.18. The number of rotatable bonds is 7. The lowest BCUT2D eigenvalue weighted by Gasteiger charge is -2.36. The number of benzene rings is 2. The molecule has 4 rings (SSSR count). The van der Waals surface area contributed by atoms with E-state index in [0.29, 0.717) is 30.4 Å². The Balaban J connectivity index is 1.73. The number of halogens is 2. The first kappa shape index (κ1) is 25.4. The Morgan fingerprint density at radius 1 is 1.03 bits per heavy atom. The van der Waals surface area contributed by atoms with E-state index >= 15 is 0 Å². The highest BCUT2D eigenvalue weighted by atomic mass is 79.9. The minimum Gasteiger partial charge on any atom is -0.435 e. The van der Waals surface area contributed by atoms with E-state index in [1.807, 2.05) is 11.9 Å². The quantitative estimate of drug-likeness (QED) is 0.235. The minimum atomic E-state index is -3.60. The highest BCUT2D eigenvalue weighted by molar-refractivity contribution is 9.10. The molecule has 0 spiro atoms. The summed E-state index contributed by atoms with van der Waals surface area (Å²) < 4.78 is 25.1. The van der Waals surface area contributed by atoms with Gasteiger partial charge in [-0.2, -0.15) is 0 Å². The molecule has 1 saturated heterocycles. The molecule has 188 valence electrons. The first-order valence-corrected chi connectivity index (χ1v) is 11.4. The molecule has 0 unspecified atom stereocenters. The van der Waals surface area contributed by atoms with Gasteiger partial charge in [-0.1, -0.05) is 15.9 Å². The van der Waals surface area contributed by atoms with E-state index in [-0.39, 0.29) is 28.2 Å². The summed E-state index contributed by atoms with van der Waals surface area (Å²) in [6.07, 6.45) is -1.53. The highest BCUT2D eigenvalue weighted by Gasteiger charge is 2.40. The maximum Gasteiger partial charge on any atom is 0.453 e. The molecule has 0 amide bonds. The number of hydrogen-bond donors (Lipinski definition) is 6. The Kier molecular flexibility index (Phi) is 7.11. The first-order valence-electron chi connectivity index (χ1n) is 10.6. The number of aromatic nitrogens is 2. The minimum absolute atomic E-state index is 0.101. The van der Waals surface area contributed by atoms with Crippen LogP contribution >= 0.6 is 15.9 Å². The highest BCUT2D eigenvalue weighted by Crippen LogP contribution is 2.39. The molecule has 1 aromatic heterocycles. The second-order valence-corrected chi connectivity index (χ2v) is 9.22. The fourth-order valence-corrected chi connectivity index (χ4v) is 4.15. The van der Waals surface area contributed by atoms with E-state index in [4.69, 9.17) is 9.47 Å². The second-order valence-electron chi connectivity index (χ2n) is 8.30. The van der Waals surface area contributed by atoms with Gasteiger partial charge in [0.15, 0.2) is 11.5 Å². The van der Waals surface area contributed by atoms with Crippen LogP contribution in [-0.2, 0) is 0 Å². The number of ether oxygens (including phenoxy) is 2. The maximum absolute atomic E-state index is 14.4. The maximum atomic E-state index is 14.4. The predicted octanol–water partition coefficient (Wildman–Crippen LogP) is 1.60. The monoisotopic (exact) mass is 554 g/mol. The van der Waals surface area contributed by atoms with Crippen molar-refractivity contribution in [2.24, 2.45) is 5.92 Å². The predicted molar refractivity (Wildman–Crippen MR) is 125 cm³/mol. The molecule has 0 radical (unpaired) electrons. The molecular formula is C22H24BrFN4O7. The third kappa shape index (κ3) is 6.13. The number of nitrogens with zero attached hydrogens (tertiary/aromatic N) is 3. The summed E-state index contributed by atoms with van der Waals surface area (Å²) in [4.78, 5) is 10.3. The zero-order valence-corrected chi connectivity index (χ0v) is 20.1. The van der Waals surface area contributed by atoms with E-state index in [2.05, 4.69) is 31.2 Å². The number of likely N-dealkylation sites (tertiary alicyclic amines) is 1. The molecule has 13 heteroatoms. The van der Waals surface area contributed by atoms with E-state index in [1.165, 1.54) is 30.6 Å². The topological polar surface area (TPSA) is 161 Å². The standard InChI is InChI=1S/C22H24BrFN4O7/c1-28-6-4-12(5-7-28)21(29,30)34-19-10-17-14(9-18(19)35-22(31,32)33)20(26-11-25-17)27-16-3-2-13(23)8-15(16)24/h2-3,8-12,29-33H,4-7H2,1H3,(H,25,26,27). The summed E-state index contributed by atoms with van der Waals surface area (Å²) in [5, 5.41) is 52.6. The molecule has 1 aliphatic heterocycles. The average Bonchev–Trinajstić information content (AvgIpc) is 2.75. The van der Waals surface area contributed by atoms with Crippen molar-refractivity contribution in [2.75, 3.05) is 25.5 Å². The number of aliphatic hydroxyl groups is 5. The third-order valence-corrected chi connectivity index (χ3v) is 6.14. The molecular weight excluding hydrogens is 531 g/mol. The summed E-state index contributed by atoms with van der Waals surface area (Å²) in [6, 6.07) is 6.80. The molecule has 1 fully saturated rings. The van der Waals surface area contributed by atoms with Crippen LogP contribution in [-0.4, -0.2) is 72.7 Å². The van der Waals surface area contributed by atoms with Crippen molar-refractivity contribution < 1.29 is 39.4 Å². The van der Waals surface area contributed by atoms with E-state index in [0.717, 1.165) is 0 Å². The van der Waals surface area contributed by atoms with Gasteiger partial charge in [0.1, 0.15) is 18.0 Å². The molecule has 1 aliphatic rings. The zero-order chi connectivity index (χ0) is 25.4. The Morgan fingerprint density at radius 3 is 2.37 bits per heavy atom. The van der Waals surface area contributed by atoms with Gasteiger partial charge in [0.2, 0.25) is 0 Å². The van der Waals surface area contributed by atoms with Gasteiger partial charge < -0.3 is 45.2 Å². The smallest absolute Gasteiger partial charge is 0.435 e. The third-order valence-electron chi connectivity index (χ3n) is 5.64. The van der Waals surface area contributed by atoms with Crippen LogP contribution in [0.2, 0.25) is 0 Å². The van der Waals surface area contributed by atoms with E-state index in [1.54, 1.807) is 6.07 Å². The van der Waals surface area contributed by atoms with Crippen molar-refractivity contribution in [1.82, 2.24) is 14.9 Å². The summed E-state index contributed by atoms with van der Waals surface area (Å²) in [7, 11) is 1.91. The van der Waals surface area contributed by atoms with Gasteiger partial charge in [0.05, 0.1) is 17.1 Å². The van der Waals surface area contributed by atoms with Gasteiger partial charge in [-0.25, -0.2) is 14.4 Å². The molecule has 11 nitrogen and oxygen atoms in total. The molecule has 0 aliphatic carbocycles. The number of fused-ring (bicyclic) bond motifs is 1. The van der Waals surface area contributed by atoms with Crippen LogP contribution in [0, 0.1) is 11.7 Å². The zero-order valence-electron chi connectivity index (χ0n) is 18.5.